The molecule has 1 aromatic rings. The molecule has 0 saturated carbocycles. The fourth-order valence-electron chi connectivity index (χ4n) is 1.13. The summed E-state index contributed by atoms with van der Waals surface area (Å²) >= 11 is 0. The quantitative estimate of drug-likeness (QED) is 0.749. The topological polar surface area (TPSA) is 29.3 Å². The zero-order chi connectivity index (χ0) is 10.3. The van der Waals surface area contributed by atoms with Gasteiger partial charge in [0.05, 0.1) is 0 Å². The van der Waals surface area contributed by atoms with Gasteiger partial charge < -0.3 is 10.6 Å². The Bertz CT molecular complexity index is 231. The molecule has 0 heterocycles. The van der Waals surface area contributed by atoms with Crippen molar-refractivity contribution in [2.75, 3.05) is 21.1 Å². The van der Waals surface area contributed by atoms with E-state index in [9.17, 15) is 0 Å². The Labute approximate surface area is 81.4 Å². The predicted molar refractivity (Wildman–Crippen MR) is 58.7 cm³/mol. The summed E-state index contributed by atoms with van der Waals surface area (Å²) in [6.45, 7) is 3.19. The maximum atomic E-state index is 4.50. The fourth-order valence-corrected chi connectivity index (χ4v) is 1.13. The molecule has 0 fully saturated rings. The summed E-state index contributed by atoms with van der Waals surface area (Å²) in [7, 11) is 5.68. The molecule has 1 rings (SSSR count). The van der Waals surface area contributed by atoms with Gasteiger partial charge in [0.15, 0.2) is 0 Å². The van der Waals surface area contributed by atoms with E-state index >= 15 is 0 Å². The summed E-state index contributed by atoms with van der Waals surface area (Å²) in [5, 5.41) is 0. The van der Waals surface area contributed by atoms with Crippen molar-refractivity contribution in [1.82, 2.24) is 4.90 Å². The number of hydrogen-bond acceptors (Lipinski definition) is 2. The molecule has 0 spiro atoms. The Morgan fingerprint density at radius 3 is 2.15 bits per heavy atom. The third kappa shape index (κ3) is 4.65. The number of benzene rings is 1. The molecule has 0 aromatic heterocycles. The van der Waals surface area contributed by atoms with Crippen LogP contribution in [0.25, 0.3) is 0 Å². The fraction of sp³-hybridized carbons (Fsp3) is 0.455. The van der Waals surface area contributed by atoms with Crippen molar-refractivity contribution in [3.05, 3.63) is 35.4 Å². The third-order valence-electron chi connectivity index (χ3n) is 1.75. The van der Waals surface area contributed by atoms with Crippen molar-refractivity contribution in [3.8, 4) is 0 Å². The van der Waals surface area contributed by atoms with Crippen molar-refractivity contribution < 1.29 is 0 Å². The molecule has 0 aliphatic carbocycles. The smallest absolute Gasteiger partial charge is 0.0230 e. The van der Waals surface area contributed by atoms with E-state index in [0.29, 0.717) is 0 Å². The van der Waals surface area contributed by atoms with E-state index in [4.69, 9.17) is 0 Å². The predicted octanol–water partition coefficient (Wildman–Crippen LogP) is 1.63. The molecule has 2 nitrogen and oxygen atoms in total. The number of nitrogens with two attached hydrogens (primary N) is 1. The molecule has 13 heavy (non-hydrogen) atoms. The lowest BCUT2D eigenvalue weighted by molar-refractivity contribution is 0.401. The van der Waals surface area contributed by atoms with E-state index in [1.165, 1.54) is 18.2 Å². The van der Waals surface area contributed by atoms with Gasteiger partial charge in [0.25, 0.3) is 0 Å². The second-order valence-corrected chi connectivity index (χ2v) is 3.16. The normalized spacial score (nSPS) is 9.38. The van der Waals surface area contributed by atoms with Crippen molar-refractivity contribution in [2.24, 2.45) is 5.73 Å². The summed E-state index contributed by atoms with van der Waals surface area (Å²) in [4.78, 5) is 2.18. The minimum Gasteiger partial charge on any atom is -0.333 e. The summed E-state index contributed by atoms with van der Waals surface area (Å²) in [6.07, 6.45) is 0. The Hall–Kier alpha value is -0.860. The van der Waals surface area contributed by atoms with Crippen LogP contribution in [0.4, 0.5) is 0 Å². The van der Waals surface area contributed by atoms with Crippen molar-refractivity contribution in [3.63, 3.8) is 0 Å². The first-order valence-electron chi connectivity index (χ1n) is 4.47. The van der Waals surface area contributed by atoms with E-state index in [1.54, 1.807) is 0 Å². The van der Waals surface area contributed by atoms with Gasteiger partial charge in [0, 0.05) is 6.54 Å². The van der Waals surface area contributed by atoms with Crippen LogP contribution in [-0.2, 0) is 6.54 Å². The van der Waals surface area contributed by atoms with Crippen LogP contribution < -0.4 is 5.73 Å². The zero-order valence-electron chi connectivity index (χ0n) is 9.04. The minimum absolute atomic E-state index is 1.03. The lowest BCUT2D eigenvalue weighted by Crippen LogP contribution is -2.11. The highest BCUT2D eigenvalue weighted by molar-refractivity contribution is 5.25. The molecule has 0 aliphatic rings. The van der Waals surface area contributed by atoms with Gasteiger partial charge in [0.1, 0.15) is 0 Å². The van der Waals surface area contributed by atoms with Gasteiger partial charge in [-0.1, -0.05) is 24.3 Å². The lowest BCUT2D eigenvalue weighted by atomic mass is 10.1. The molecular weight excluding hydrogens is 160 g/mol. The van der Waals surface area contributed by atoms with Crippen molar-refractivity contribution in [1.29, 1.82) is 0 Å². The maximum Gasteiger partial charge on any atom is 0.0230 e. The molecule has 74 valence electrons. The number of hydrogen-bond donors (Lipinski definition) is 1. The second kappa shape index (κ2) is 6.63. The van der Waals surface area contributed by atoms with Crippen LogP contribution in [0.15, 0.2) is 24.3 Å². The first-order valence-corrected chi connectivity index (χ1v) is 4.47. The van der Waals surface area contributed by atoms with Crippen molar-refractivity contribution >= 4 is 0 Å². The summed E-state index contributed by atoms with van der Waals surface area (Å²) in [5.41, 5.74) is 7.29. The average molecular weight is 180 g/mol. The van der Waals surface area contributed by atoms with Crippen LogP contribution in [0, 0.1) is 6.92 Å². The van der Waals surface area contributed by atoms with Crippen LogP contribution in [0.5, 0.6) is 0 Å². The van der Waals surface area contributed by atoms with Gasteiger partial charge in [-0.15, -0.1) is 0 Å². The van der Waals surface area contributed by atoms with Crippen LogP contribution in [0.3, 0.4) is 0 Å². The van der Waals surface area contributed by atoms with Gasteiger partial charge in [-0.05, 0) is 39.2 Å². The third-order valence-corrected chi connectivity index (χ3v) is 1.75. The average Bonchev–Trinajstić information content (AvgIpc) is 2.12. The minimum atomic E-state index is 1.03. The molecule has 0 saturated heterocycles. The lowest BCUT2D eigenvalue weighted by Gasteiger charge is -2.11. The first-order chi connectivity index (χ1) is 6.20. The molecule has 0 aliphatic heterocycles. The van der Waals surface area contributed by atoms with Gasteiger partial charge >= 0.3 is 0 Å². The molecule has 0 atom stereocenters. The van der Waals surface area contributed by atoms with E-state index < -0.39 is 0 Å². The van der Waals surface area contributed by atoms with Crippen LogP contribution in [-0.4, -0.2) is 26.0 Å². The highest BCUT2D eigenvalue weighted by Gasteiger charge is 1.96. The van der Waals surface area contributed by atoms with Gasteiger partial charge in [-0.25, -0.2) is 0 Å². The van der Waals surface area contributed by atoms with Gasteiger partial charge in [-0.2, -0.15) is 0 Å². The Balaban J connectivity index is 0.000000671. The van der Waals surface area contributed by atoms with Crippen LogP contribution in [0.1, 0.15) is 11.1 Å². The highest BCUT2D eigenvalue weighted by atomic mass is 15.0. The molecule has 2 N–H and O–H groups in total. The standard InChI is InChI=1S/C10H15N.CH5N/c1-9-6-4-5-7-10(9)8-11(2)3;1-2/h4-7H,8H2,1-3H3;2H2,1H3. The molecule has 2 heteroatoms. The number of aryl methyl sites for hydroxylation is 1. The Morgan fingerprint density at radius 1 is 1.15 bits per heavy atom. The monoisotopic (exact) mass is 180 g/mol. The van der Waals surface area contributed by atoms with Gasteiger partial charge in [0.2, 0.25) is 0 Å². The molecule has 0 amide bonds. The van der Waals surface area contributed by atoms with Crippen LogP contribution in [0.2, 0.25) is 0 Å². The van der Waals surface area contributed by atoms with E-state index in [0.717, 1.165) is 6.54 Å². The van der Waals surface area contributed by atoms with Crippen molar-refractivity contribution in [2.45, 2.75) is 13.5 Å². The van der Waals surface area contributed by atoms with Crippen LogP contribution >= 0.6 is 0 Å². The van der Waals surface area contributed by atoms with Gasteiger partial charge in [-0.3, -0.25) is 0 Å². The Morgan fingerprint density at radius 2 is 1.69 bits per heavy atom. The summed E-state index contributed by atoms with van der Waals surface area (Å²) < 4.78 is 0. The van der Waals surface area contributed by atoms with E-state index in [-0.39, 0.29) is 0 Å². The molecule has 1 aromatic carbocycles. The molecule has 0 radical (unpaired) electrons. The Kier molecular flexibility index (Phi) is 6.20. The second-order valence-electron chi connectivity index (χ2n) is 3.16. The highest BCUT2D eigenvalue weighted by Crippen LogP contribution is 2.07. The molecular formula is C11H20N2. The first kappa shape index (κ1) is 12.1. The summed E-state index contributed by atoms with van der Waals surface area (Å²) in [5.74, 6) is 0. The SMILES string of the molecule is CN.Cc1ccccc1CN(C)C. The number of rotatable bonds is 2. The zero-order valence-corrected chi connectivity index (χ0v) is 9.04. The maximum absolute atomic E-state index is 4.50. The molecule has 0 bridgehead atoms. The van der Waals surface area contributed by atoms with E-state index in [2.05, 4.69) is 55.9 Å². The number of nitrogens with zero attached hydrogens (tertiary/aromatic N) is 1. The molecule has 0 unspecified atom stereocenters. The largest absolute Gasteiger partial charge is 0.333 e. The van der Waals surface area contributed by atoms with E-state index in [1.807, 2.05) is 0 Å². The summed E-state index contributed by atoms with van der Waals surface area (Å²) in [6, 6.07) is 8.49.